The number of aliphatic carboxylic acids is 1. The SMILES string of the molecule is O=C(O)C1CN(C2CCOC2)C1. The topological polar surface area (TPSA) is 49.8 Å². The maximum absolute atomic E-state index is 10.5. The molecule has 4 nitrogen and oxygen atoms in total. The zero-order chi connectivity index (χ0) is 8.55. The maximum atomic E-state index is 10.5. The van der Waals surface area contributed by atoms with E-state index in [4.69, 9.17) is 9.84 Å². The zero-order valence-electron chi connectivity index (χ0n) is 6.90. The summed E-state index contributed by atoms with van der Waals surface area (Å²) >= 11 is 0. The molecule has 0 aromatic heterocycles. The number of nitrogens with zero attached hydrogens (tertiary/aromatic N) is 1. The Labute approximate surface area is 71.1 Å². The van der Waals surface area contributed by atoms with Gasteiger partial charge in [0.1, 0.15) is 0 Å². The Hall–Kier alpha value is -0.610. The summed E-state index contributed by atoms with van der Waals surface area (Å²) in [4.78, 5) is 12.7. The molecule has 2 saturated heterocycles. The molecule has 0 aromatic rings. The van der Waals surface area contributed by atoms with Crippen molar-refractivity contribution in [2.75, 3.05) is 26.3 Å². The molecule has 2 aliphatic heterocycles. The summed E-state index contributed by atoms with van der Waals surface area (Å²) in [7, 11) is 0. The van der Waals surface area contributed by atoms with Gasteiger partial charge >= 0.3 is 5.97 Å². The largest absolute Gasteiger partial charge is 0.481 e. The second kappa shape index (κ2) is 3.03. The minimum atomic E-state index is -0.662. The quantitative estimate of drug-likeness (QED) is 0.624. The number of likely N-dealkylation sites (tertiary alicyclic amines) is 1. The highest BCUT2D eigenvalue weighted by atomic mass is 16.5. The molecular formula is C8H13NO3. The third-order valence-electron chi connectivity index (χ3n) is 2.68. The van der Waals surface area contributed by atoms with E-state index in [9.17, 15) is 4.79 Å². The lowest BCUT2D eigenvalue weighted by Crippen LogP contribution is -2.55. The second-order valence-corrected chi connectivity index (χ2v) is 3.51. The van der Waals surface area contributed by atoms with E-state index in [2.05, 4.69) is 4.90 Å². The molecule has 12 heavy (non-hydrogen) atoms. The van der Waals surface area contributed by atoms with Crippen molar-refractivity contribution in [1.29, 1.82) is 0 Å². The van der Waals surface area contributed by atoms with Crippen molar-refractivity contribution < 1.29 is 14.6 Å². The van der Waals surface area contributed by atoms with Gasteiger partial charge in [-0.05, 0) is 6.42 Å². The molecule has 2 aliphatic rings. The number of rotatable bonds is 2. The van der Waals surface area contributed by atoms with E-state index in [0.717, 1.165) is 19.6 Å². The number of hydrogen-bond acceptors (Lipinski definition) is 3. The summed E-state index contributed by atoms with van der Waals surface area (Å²) in [5, 5.41) is 8.64. The molecule has 0 amide bonds. The Kier molecular flexibility index (Phi) is 2.02. The molecule has 1 N–H and O–H groups in total. The fourth-order valence-electron chi connectivity index (χ4n) is 1.78. The van der Waals surface area contributed by atoms with Crippen LogP contribution in [-0.2, 0) is 9.53 Å². The van der Waals surface area contributed by atoms with Crippen molar-refractivity contribution in [3.63, 3.8) is 0 Å². The predicted octanol–water partition coefficient (Wildman–Crippen LogP) is -0.208. The van der Waals surface area contributed by atoms with Crippen LogP contribution in [0, 0.1) is 5.92 Å². The van der Waals surface area contributed by atoms with Gasteiger partial charge in [-0.1, -0.05) is 0 Å². The first-order chi connectivity index (χ1) is 5.77. The highest BCUT2D eigenvalue weighted by molar-refractivity contribution is 5.71. The van der Waals surface area contributed by atoms with Gasteiger partial charge in [0.25, 0.3) is 0 Å². The van der Waals surface area contributed by atoms with Gasteiger partial charge in [-0.3, -0.25) is 9.69 Å². The molecule has 4 heteroatoms. The van der Waals surface area contributed by atoms with Crippen LogP contribution < -0.4 is 0 Å². The smallest absolute Gasteiger partial charge is 0.309 e. The van der Waals surface area contributed by atoms with Crippen molar-refractivity contribution in [1.82, 2.24) is 4.90 Å². The van der Waals surface area contributed by atoms with Crippen LogP contribution in [0.3, 0.4) is 0 Å². The highest BCUT2D eigenvalue weighted by Gasteiger charge is 2.37. The first-order valence-electron chi connectivity index (χ1n) is 4.32. The van der Waals surface area contributed by atoms with Crippen LogP contribution >= 0.6 is 0 Å². The van der Waals surface area contributed by atoms with Crippen molar-refractivity contribution in [3.8, 4) is 0 Å². The summed E-state index contributed by atoms with van der Waals surface area (Å²) < 4.78 is 5.22. The molecule has 1 atom stereocenters. The van der Waals surface area contributed by atoms with Gasteiger partial charge in [-0.15, -0.1) is 0 Å². The van der Waals surface area contributed by atoms with E-state index in [1.54, 1.807) is 0 Å². The molecule has 68 valence electrons. The average Bonchev–Trinajstić information content (AvgIpc) is 2.34. The van der Waals surface area contributed by atoms with Gasteiger partial charge < -0.3 is 9.84 Å². The molecule has 2 fully saturated rings. The Morgan fingerprint density at radius 1 is 1.50 bits per heavy atom. The van der Waals surface area contributed by atoms with Gasteiger partial charge in [0.2, 0.25) is 0 Å². The Morgan fingerprint density at radius 2 is 2.25 bits per heavy atom. The molecule has 2 rings (SSSR count). The minimum Gasteiger partial charge on any atom is -0.481 e. The van der Waals surface area contributed by atoms with Crippen LogP contribution in [0.1, 0.15) is 6.42 Å². The van der Waals surface area contributed by atoms with Crippen LogP contribution in [0.5, 0.6) is 0 Å². The predicted molar refractivity (Wildman–Crippen MR) is 41.9 cm³/mol. The van der Waals surface area contributed by atoms with E-state index in [1.165, 1.54) is 0 Å². The van der Waals surface area contributed by atoms with Crippen LogP contribution in [0.15, 0.2) is 0 Å². The summed E-state index contributed by atoms with van der Waals surface area (Å²) in [6, 6.07) is 0.487. The van der Waals surface area contributed by atoms with Crippen LogP contribution in [0.25, 0.3) is 0 Å². The van der Waals surface area contributed by atoms with E-state index in [0.29, 0.717) is 19.1 Å². The normalized spacial score (nSPS) is 31.8. The summed E-state index contributed by atoms with van der Waals surface area (Å²) in [6.45, 7) is 3.04. The Morgan fingerprint density at radius 3 is 2.75 bits per heavy atom. The standard InChI is InChI=1S/C8H13NO3/c10-8(11)6-3-9(4-6)7-1-2-12-5-7/h6-7H,1-5H2,(H,10,11). The molecule has 0 aromatic carbocycles. The van der Waals surface area contributed by atoms with Crippen LogP contribution in [0.4, 0.5) is 0 Å². The lowest BCUT2D eigenvalue weighted by atomic mass is 9.97. The number of carbonyl (C=O) groups is 1. The number of hydrogen-bond donors (Lipinski definition) is 1. The number of carboxylic acid groups (broad SMARTS) is 1. The number of carboxylic acids is 1. The van der Waals surface area contributed by atoms with Gasteiger partial charge in [-0.2, -0.15) is 0 Å². The molecule has 0 saturated carbocycles. The summed E-state index contributed by atoms with van der Waals surface area (Å²) in [6.07, 6.45) is 1.06. The van der Waals surface area contributed by atoms with Crippen LogP contribution in [0.2, 0.25) is 0 Å². The second-order valence-electron chi connectivity index (χ2n) is 3.51. The lowest BCUT2D eigenvalue weighted by molar-refractivity contribution is -0.148. The van der Waals surface area contributed by atoms with E-state index in [1.807, 2.05) is 0 Å². The molecular weight excluding hydrogens is 158 g/mol. The highest BCUT2D eigenvalue weighted by Crippen LogP contribution is 2.23. The fraction of sp³-hybridized carbons (Fsp3) is 0.875. The van der Waals surface area contributed by atoms with Crippen molar-refractivity contribution >= 4 is 5.97 Å². The van der Waals surface area contributed by atoms with E-state index >= 15 is 0 Å². The first-order valence-corrected chi connectivity index (χ1v) is 4.32. The molecule has 0 bridgehead atoms. The molecule has 0 radical (unpaired) electrons. The molecule has 2 heterocycles. The third-order valence-corrected chi connectivity index (χ3v) is 2.68. The van der Waals surface area contributed by atoms with Gasteiger partial charge in [0, 0.05) is 25.7 Å². The summed E-state index contributed by atoms with van der Waals surface area (Å²) in [5.41, 5.74) is 0. The Balaban J connectivity index is 1.77. The third kappa shape index (κ3) is 1.32. The Bertz CT molecular complexity index is 183. The van der Waals surface area contributed by atoms with Crippen molar-refractivity contribution in [2.45, 2.75) is 12.5 Å². The fourth-order valence-corrected chi connectivity index (χ4v) is 1.78. The van der Waals surface area contributed by atoms with Gasteiger partial charge in [-0.25, -0.2) is 0 Å². The molecule has 0 aliphatic carbocycles. The molecule has 1 unspecified atom stereocenters. The maximum Gasteiger partial charge on any atom is 0.309 e. The monoisotopic (exact) mass is 171 g/mol. The van der Waals surface area contributed by atoms with Gasteiger partial charge in [0.15, 0.2) is 0 Å². The minimum absolute atomic E-state index is 0.134. The average molecular weight is 171 g/mol. The van der Waals surface area contributed by atoms with Crippen LogP contribution in [-0.4, -0.2) is 48.3 Å². The van der Waals surface area contributed by atoms with Crippen molar-refractivity contribution in [3.05, 3.63) is 0 Å². The summed E-state index contributed by atoms with van der Waals surface area (Å²) in [5.74, 6) is -0.796. The van der Waals surface area contributed by atoms with E-state index < -0.39 is 5.97 Å². The number of ether oxygens (including phenoxy) is 1. The van der Waals surface area contributed by atoms with E-state index in [-0.39, 0.29) is 5.92 Å². The van der Waals surface area contributed by atoms with Gasteiger partial charge in [0.05, 0.1) is 12.5 Å². The van der Waals surface area contributed by atoms with Crippen molar-refractivity contribution in [2.24, 2.45) is 5.92 Å². The zero-order valence-corrected chi connectivity index (χ0v) is 6.90. The lowest BCUT2D eigenvalue weighted by Gasteiger charge is -2.40. The first kappa shape index (κ1) is 8.01. The molecule has 0 spiro atoms.